The third-order valence-corrected chi connectivity index (χ3v) is 6.31. The largest absolute Gasteiger partial charge is 0.445 e. The van der Waals surface area contributed by atoms with E-state index in [4.69, 9.17) is 9.47 Å². The van der Waals surface area contributed by atoms with E-state index in [0.29, 0.717) is 11.4 Å². The van der Waals surface area contributed by atoms with E-state index in [-0.39, 0.29) is 23.7 Å². The van der Waals surface area contributed by atoms with E-state index in [9.17, 15) is 9.59 Å². The van der Waals surface area contributed by atoms with Crippen LogP contribution in [0.2, 0.25) is 0 Å². The number of carbonyl (C=O) groups is 2. The minimum atomic E-state index is -0.522. The molecular formula is C26H24N2O4. The number of hydrogen-bond donors (Lipinski definition) is 2. The molecule has 32 heavy (non-hydrogen) atoms. The van der Waals surface area contributed by atoms with Crippen molar-refractivity contribution in [1.29, 1.82) is 0 Å². The number of anilines is 1. The highest BCUT2D eigenvalue weighted by atomic mass is 16.6. The lowest BCUT2D eigenvalue weighted by Gasteiger charge is -2.70. The zero-order chi connectivity index (χ0) is 22.0. The van der Waals surface area contributed by atoms with Gasteiger partial charge in [-0.2, -0.15) is 0 Å². The van der Waals surface area contributed by atoms with Crippen LogP contribution >= 0.6 is 0 Å². The maximum atomic E-state index is 12.2. The Hall–Kier alpha value is -3.80. The molecule has 3 aliphatic rings. The molecule has 0 aliphatic heterocycles. The Balaban J connectivity index is 1.10. The lowest BCUT2D eigenvalue weighted by Crippen LogP contribution is -2.76. The highest BCUT2D eigenvalue weighted by Crippen LogP contribution is 2.67. The van der Waals surface area contributed by atoms with Gasteiger partial charge in [0, 0.05) is 16.6 Å². The van der Waals surface area contributed by atoms with Crippen LogP contribution in [0.4, 0.5) is 15.3 Å². The van der Waals surface area contributed by atoms with E-state index in [1.165, 1.54) is 5.56 Å². The van der Waals surface area contributed by atoms with Gasteiger partial charge in [0.15, 0.2) is 0 Å². The van der Waals surface area contributed by atoms with Gasteiger partial charge in [0.2, 0.25) is 0 Å². The number of alkyl carbamates (subject to hydrolysis) is 1. The van der Waals surface area contributed by atoms with Crippen molar-refractivity contribution >= 4 is 17.9 Å². The normalized spacial score (nSPS) is 22.6. The molecule has 0 radical (unpaired) electrons. The van der Waals surface area contributed by atoms with Crippen LogP contribution in [0.3, 0.4) is 0 Å². The van der Waals surface area contributed by atoms with E-state index in [0.717, 1.165) is 24.8 Å². The molecule has 6 heteroatoms. The van der Waals surface area contributed by atoms with Gasteiger partial charge >= 0.3 is 12.2 Å². The molecule has 0 aromatic heterocycles. The molecule has 3 saturated carbocycles. The van der Waals surface area contributed by atoms with Crippen LogP contribution in [-0.2, 0) is 16.8 Å². The van der Waals surface area contributed by atoms with Crippen LogP contribution in [-0.4, -0.2) is 17.7 Å². The van der Waals surface area contributed by atoms with E-state index >= 15 is 0 Å². The Morgan fingerprint density at radius 3 is 2.06 bits per heavy atom. The van der Waals surface area contributed by atoms with Gasteiger partial charge < -0.3 is 14.8 Å². The maximum Gasteiger partial charge on any atom is 0.417 e. The fraction of sp³-hybridized carbons (Fsp3) is 0.231. The number of amides is 2. The lowest BCUT2D eigenvalue weighted by atomic mass is 9.37. The number of benzene rings is 3. The molecule has 0 saturated heterocycles. The summed E-state index contributed by atoms with van der Waals surface area (Å²) in [4.78, 5) is 24.2. The third kappa shape index (κ3) is 4.04. The molecule has 3 fully saturated rings. The molecule has 3 aliphatic carbocycles. The Kier molecular flexibility index (Phi) is 5.05. The fourth-order valence-electron chi connectivity index (χ4n) is 4.85. The molecule has 3 aromatic rings. The van der Waals surface area contributed by atoms with Crippen molar-refractivity contribution in [3.63, 3.8) is 0 Å². The van der Waals surface area contributed by atoms with Gasteiger partial charge in [0.1, 0.15) is 12.4 Å². The maximum absolute atomic E-state index is 12.2. The zero-order valence-electron chi connectivity index (χ0n) is 17.5. The summed E-state index contributed by atoms with van der Waals surface area (Å²) in [5, 5.41) is 5.79. The summed E-state index contributed by atoms with van der Waals surface area (Å²) >= 11 is 0. The SMILES string of the molecule is O=C(NC12CC(c3ccc(NC(=O)Oc4ccccc4)cc3)(C1)C2)OCc1ccccc1. The van der Waals surface area contributed by atoms with Crippen LogP contribution in [0.5, 0.6) is 5.75 Å². The van der Waals surface area contributed by atoms with E-state index in [2.05, 4.69) is 10.6 Å². The summed E-state index contributed by atoms with van der Waals surface area (Å²) in [6.07, 6.45) is 1.83. The van der Waals surface area contributed by atoms with Crippen molar-refractivity contribution in [2.24, 2.45) is 0 Å². The predicted molar refractivity (Wildman–Crippen MR) is 121 cm³/mol. The van der Waals surface area contributed by atoms with Crippen molar-refractivity contribution < 1.29 is 19.1 Å². The van der Waals surface area contributed by atoms with Crippen molar-refractivity contribution in [3.05, 3.63) is 96.1 Å². The summed E-state index contributed by atoms with van der Waals surface area (Å²) in [5.74, 6) is 0.496. The van der Waals surface area contributed by atoms with Crippen LogP contribution in [0.15, 0.2) is 84.9 Å². The van der Waals surface area contributed by atoms with Crippen molar-refractivity contribution in [2.45, 2.75) is 36.8 Å². The summed E-state index contributed by atoms with van der Waals surface area (Å²) in [6, 6.07) is 26.4. The summed E-state index contributed by atoms with van der Waals surface area (Å²) in [5.41, 5.74) is 2.83. The fourth-order valence-corrected chi connectivity index (χ4v) is 4.85. The molecule has 3 aromatic carbocycles. The van der Waals surface area contributed by atoms with Crippen LogP contribution < -0.4 is 15.4 Å². The van der Waals surface area contributed by atoms with Crippen molar-refractivity contribution in [1.82, 2.24) is 5.32 Å². The minimum absolute atomic E-state index is 0.107. The Morgan fingerprint density at radius 1 is 0.781 bits per heavy atom. The average Bonchev–Trinajstić information content (AvgIpc) is 2.76. The van der Waals surface area contributed by atoms with Crippen molar-refractivity contribution in [2.75, 3.05) is 5.32 Å². The number of para-hydroxylation sites is 1. The molecule has 162 valence electrons. The van der Waals surface area contributed by atoms with Gasteiger partial charge in [0.05, 0.1) is 0 Å². The van der Waals surface area contributed by atoms with Gasteiger partial charge in [-0.25, -0.2) is 9.59 Å². The lowest BCUT2D eigenvalue weighted by molar-refractivity contribution is -0.0844. The van der Waals surface area contributed by atoms with E-state index in [1.54, 1.807) is 12.1 Å². The molecule has 0 heterocycles. The standard InChI is InChI=1S/C26H24N2O4/c29-23(32-22-9-5-2-6-10-22)27-21-13-11-20(12-14-21)25-16-26(17-25,18-25)28-24(30)31-15-19-7-3-1-4-8-19/h1-14H,15-18H2,(H,27,29)(H,28,30). The molecule has 6 rings (SSSR count). The Morgan fingerprint density at radius 2 is 1.41 bits per heavy atom. The number of nitrogens with one attached hydrogen (secondary N) is 2. The first-order valence-electron chi connectivity index (χ1n) is 10.7. The third-order valence-electron chi connectivity index (χ3n) is 6.31. The second kappa shape index (κ2) is 8.04. The van der Waals surface area contributed by atoms with E-state index < -0.39 is 6.09 Å². The summed E-state index contributed by atoms with van der Waals surface area (Å²) < 4.78 is 10.6. The molecule has 2 N–H and O–H groups in total. The van der Waals surface area contributed by atoms with Gasteiger partial charge in [0.25, 0.3) is 0 Å². The van der Waals surface area contributed by atoms with Crippen LogP contribution in [0, 0.1) is 0 Å². The Labute approximate surface area is 186 Å². The average molecular weight is 428 g/mol. The van der Waals surface area contributed by atoms with Crippen LogP contribution in [0.25, 0.3) is 0 Å². The topological polar surface area (TPSA) is 76.7 Å². The predicted octanol–water partition coefficient (Wildman–Crippen LogP) is 5.40. The summed E-state index contributed by atoms with van der Waals surface area (Å²) in [7, 11) is 0. The highest BCUT2D eigenvalue weighted by molar-refractivity contribution is 5.86. The zero-order valence-corrected chi connectivity index (χ0v) is 17.5. The second-order valence-corrected chi connectivity index (χ2v) is 8.68. The number of ether oxygens (including phenoxy) is 2. The molecule has 0 atom stereocenters. The minimum Gasteiger partial charge on any atom is -0.445 e. The first kappa shape index (κ1) is 20.1. The van der Waals surface area contributed by atoms with Gasteiger partial charge in [-0.3, -0.25) is 5.32 Å². The van der Waals surface area contributed by atoms with E-state index in [1.807, 2.05) is 72.8 Å². The summed E-state index contributed by atoms with van der Waals surface area (Å²) in [6.45, 7) is 0.273. The molecule has 0 unspecified atom stereocenters. The van der Waals surface area contributed by atoms with Crippen molar-refractivity contribution in [3.8, 4) is 5.75 Å². The van der Waals surface area contributed by atoms with Gasteiger partial charge in [-0.15, -0.1) is 0 Å². The molecular weight excluding hydrogens is 404 g/mol. The number of carbonyl (C=O) groups excluding carboxylic acids is 2. The molecule has 0 spiro atoms. The molecule has 2 bridgehead atoms. The Bertz CT molecular complexity index is 1090. The first-order chi connectivity index (χ1) is 15.5. The van der Waals surface area contributed by atoms with Gasteiger partial charge in [-0.05, 0) is 54.7 Å². The quantitative estimate of drug-likeness (QED) is 0.551. The number of hydrogen-bond acceptors (Lipinski definition) is 4. The molecule has 2 amide bonds. The molecule has 6 nitrogen and oxygen atoms in total. The van der Waals surface area contributed by atoms with Gasteiger partial charge in [-0.1, -0.05) is 60.7 Å². The monoisotopic (exact) mass is 428 g/mol. The van der Waals surface area contributed by atoms with Crippen LogP contribution in [0.1, 0.15) is 30.4 Å². The smallest absolute Gasteiger partial charge is 0.417 e. The second-order valence-electron chi connectivity index (χ2n) is 8.68. The number of rotatable bonds is 6. The first-order valence-corrected chi connectivity index (χ1v) is 10.7. The highest BCUT2D eigenvalue weighted by Gasteiger charge is 2.69.